The van der Waals surface area contributed by atoms with Crippen LogP contribution in [0.5, 0.6) is 5.75 Å². The van der Waals surface area contributed by atoms with Gasteiger partial charge in [-0.25, -0.2) is 16.8 Å². The zero-order chi connectivity index (χ0) is 22.2. The van der Waals surface area contributed by atoms with Gasteiger partial charge in [-0.3, -0.25) is 10.2 Å². The number of carbonyl (C=O) groups is 1. The summed E-state index contributed by atoms with van der Waals surface area (Å²) in [6, 6.07) is 18.6. The van der Waals surface area contributed by atoms with E-state index in [0.29, 0.717) is 12.4 Å². The normalized spacial score (nSPS) is 16.4. The molecule has 1 heterocycles. The SMILES string of the molecule is O=C(NN1S(=O)(=O)c2ccccc2S1(=O)=O)c1ccc(OCc2ccccc2Br)cc1. The zero-order valence-electron chi connectivity index (χ0n) is 15.7. The molecule has 1 amide bonds. The van der Waals surface area contributed by atoms with Crippen LogP contribution in [-0.4, -0.2) is 26.6 Å². The van der Waals surface area contributed by atoms with Gasteiger partial charge in [-0.15, -0.1) is 0 Å². The molecule has 0 saturated carbocycles. The molecule has 0 unspecified atom stereocenters. The van der Waals surface area contributed by atoms with E-state index in [1.54, 1.807) is 0 Å². The minimum absolute atomic E-state index is 0.00431. The number of rotatable bonds is 5. The Bertz CT molecular complexity index is 1320. The molecular formula is C20H15BrN2O6S2. The largest absolute Gasteiger partial charge is 0.489 e. The molecule has 0 aliphatic carbocycles. The second-order valence-corrected chi connectivity index (χ2v) is 11.1. The van der Waals surface area contributed by atoms with Crippen LogP contribution in [0.25, 0.3) is 0 Å². The van der Waals surface area contributed by atoms with Crippen molar-refractivity contribution >= 4 is 41.9 Å². The molecule has 0 fully saturated rings. The van der Waals surface area contributed by atoms with Gasteiger partial charge in [0.05, 0.1) is 0 Å². The smallest absolute Gasteiger partial charge is 0.275 e. The van der Waals surface area contributed by atoms with Crippen LogP contribution >= 0.6 is 15.9 Å². The number of nitrogens with zero attached hydrogens (tertiary/aromatic N) is 1. The van der Waals surface area contributed by atoms with Crippen LogP contribution < -0.4 is 10.2 Å². The second-order valence-electron chi connectivity index (χ2n) is 6.50. The summed E-state index contributed by atoms with van der Waals surface area (Å²) in [7, 11) is -8.85. The first kappa shape index (κ1) is 21.5. The Balaban J connectivity index is 1.49. The molecule has 0 saturated heterocycles. The Labute approximate surface area is 187 Å². The van der Waals surface area contributed by atoms with Gasteiger partial charge in [0.15, 0.2) is 0 Å². The van der Waals surface area contributed by atoms with Crippen LogP contribution in [0.2, 0.25) is 0 Å². The fraction of sp³-hybridized carbons (Fsp3) is 0.0500. The van der Waals surface area contributed by atoms with Crippen molar-refractivity contribution in [2.45, 2.75) is 16.4 Å². The summed E-state index contributed by atoms with van der Waals surface area (Å²) in [5.74, 6) is -0.404. The maximum Gasteiger partial charge on any atom is 0.275 e. The van der Waals surface area contributed by atoms with Crippen molar-refractivity contribution in [1.82, 2.24) is 9.25 Å². The number of hydrazine groups is 1. The third-order valence-electron chi connectivity index (χ3n) is 4.50. The molecule has 1 aliphatic heterocycles. The highest BCUT2D eigenvalue weighted by atomic mass is 79.9. The van der Waals surface area contributed by atoms with Crippen molar-refractivity contribution in [3.05, 3.63) is 88.4 Å². The van der Waals surface area contributed by atoms with Crippen molar-refractivity contribution in [2.75, 3.05) is 0 Å². The topological polar surface area (TPSA) is 110 Å². The van der Waals surface area contributed by atoms with Gasteiger partial charge in [0, 0.05) is 19.4 Å². The van der Waals surface area contributed by atoms with Crippen molar-refractivity contribution in [2.24, 2.45) is 0 Å². The molecule has 4 rings (SSSR count). The van der Waals surface area contributed by atoms with Gasteiger partial charge in [-0.2, -0.15) is 0 Å². The fourth-order valence-electron chi connectivity index (χ4n) is 2.93. The van der Waals surface area contributed by atoms with Gasteiger partial charge in [0.1, 0.15) is 22.1 Å². The van der Waals surface area contributed by atoms with Crippen LogP contribution in [0.3, 0.4) is 0 Å². The van der Waals surface area contributed by atoms with Gasteiger partial charge in [0.2, 0.25) is 0 Å². The Kier molecular flexibility index (Phi) is 5.60. The first-order chi connectivity index (χ1) is 14.7. The standard InChI is InChI=1S/C20H15BrN2O6S2/c21-17-6-2-1-5-15(17)13-29-16-11-9-14(10-12-16)20(24)22-23-30(25,26)18-7-3-4-8-19(18)31(23,27)28/h1-12H,13H2,(H,22,24). The van der Waals surface area contributed by atoms with E-state index in [2.05, 4.69) is 15.9 Å². The van der Waals surface area contributed by atoms with E-state index in [1.165, 1.54) is 48.5 Å². The Morgan fingerprint density at radius 1 is 0.839 bits per heavy atom. The average molecular weight is 523 g/mol. The molecule has 0 radical (unpaired) electrons. The summed E-state index contributed by atoms with van der Waals surface area (Å²) < 4.78 is 56.9. The predicted octanol–water partition coefficient (Wildman–Crippen LogP) is 3.07. The first-order valence-corrected chi connectivity index (χ1v) is 12.6. The summed E-state index contributed by atoms with van der Waals surface area (Å²) >= 11 is 3.44. The molecular weight excluding hydrogens is 508 g/mol. The zero-order valence-corrected chi connectivity index (χ0v) is 18.9. The van der Waals surface area contributed by atoms with E-state index in [1.807, 2.05) is 29.7 Å². The highest BCUT2D eigenvalue weighted by Crippen LogP contribution is 2.35. The summed E-state index contributed by atoms with van der Waals surface area (Å²) in [5, 5.41) is 0. The van der Waals surface area contributed by atoms with Crippen LogP contribution in [0, 0.1) is 0 Å². The molecule has 0 atom stereocenters. The molecule has 0 aromatic heterocycles. The average Bonchev–Trinajstić information content (AvgIpc) is 2.91. The summed E-state index contributed by atoms with van der Waals surface area (Å²) in [4.78, 5) is 11.8. The van der Waals surface area contributed by atoms with E-state index < -0.39 is 26.0 Å². The monoisotopic (exact) mass is 522 g/mol. The highest BCUT2D eigenvalue weighted by molar-refractivity contribution is 9.10. The number of amides is 1. The van der Waals surface area contributed by atoms with Gasteiger partial charge in [0.25, 0.3) is 26.0 Å². The number of hydrogen-bond donors (Lipinski definition) is 1. The van der Waals surface area contributed by atoms with Gasteiger partial charge in [-0.05, 0) is 42.5 Å². The maximum absolute atomic E-state index is 12.6. The molecule has 1 aliphatic rings. The van der Waals surface area contributed by atoms with Crippen molar-refractivity contribution in [3.8, 4) is 5.75 Å². The predicted molar refractivity (Wildman–Crippen MR) is 115 cm³/mol. The molecule has 0 spiro atoms. The second kappa shape index (κ2) is 8.08. The summed E-state index contributed by atoms with van der Waals surface area (Å²) in [6.45, 7) is 0.301. The number of halogens is 1. The number of nitrogens with one attached hydrogen (secondary N) is 1. The lowest BCUT2D eigenvalue weighted by Crippen LogP contribution is -2.45. The van der Waals surface area contributed by atoms with E-state index >= 15 is 0 Å². The summed E-state index contributed by atoms with van der Waals surface area (Å²) in [6.07, 6.45) is 0. The Hall–Kier alpha value is -2.73. The van der Waals surface area contributed by atoms with Crippen LogP contribution in [0.15, 0.2) is 87.1 Å². The maximum atomic E-state index is 12.6. The van der Waals surface area contributed by atoms with E-state index in [0.717, 1.165) is 10.0 Å². The van der Waals surface area contributed by atoms with Gasteiger partial charge < -0.3 is 4.74 Å². The van der Waals surface area contributed by atoms with Crippen molar-refractivity contribution in [3.63, 3.8) is 0 Å². The van der Waals surface area contributed by atoms with Gasteiger partial charge >= 0.3 is 0 Å². The minimum atomic E-state index is -4.42. The van der Waals surface area contributed by atoms with E-state index in [9.17, 15) is 21.6 Å². The van der Waals surface area contributed by atoms with Crippen molar-refractivity contribution < 1.29 is 26.4 Å². The molecule has 11 heteroatoms. The molecule has 0 bridgehead atoms. The Morgan fingerprint density at radius 2 is 1.39 bits per heavy atom. The third kappa shape index (κ3) is 3.97. The molecule has 160 valence electrons. The summed E-state index contributed by atoms with van der Waals surface area (Å²) in [5.41, 5.74) is 2.98. The number of ether oxygens (including phenoxy) is 1. The van der Waals surface area contributed by atoms with Crippen LogP contribution in [0.4, 0.5) is 0 Å². The van der Waals surface area contributed by atoms with Crippen molar-refractivity contribution in [1.29, 1.82) is 0 Å². The molecule has 8 nitrogen and oxygen atoms in total. The van der Waals surface area contributed by atoms with Crippen LogP contribution in [-0.2, 0) is 26.7 Å². The van der Waals surface area contributed by atoms with E-state index in [-0.39, 0.29) is 19.2 Å². The minimum Gasteiger partial charge on any atom is -0.489 e. The number of fused-ring (bicyclic) bond motifs is 1. The number of carbonyl (C=O) groups excluding carboxylic acids is 1. The lowest BCUT2D eigenvalue weighted by Gasteiger charge is -2.15. The molecule has 3 aromatic rings. The third-order valence-corrected chi connectivity index (χ3v) is 9.46. The molecule has 3 aromatic carbocycles. The number of hydrogen-bond acceptors (Lipinski definition) is 6. The number of sulfonamides is 2. The Morgan fingerprint density at radius 3 is 1.97 bits per heavy atom. The van der Waals surface area contributed by atoms with E-state index in [4.69, 9.17) is 4.74 Å². The van der Waals surface area contributed by atoms with Gasteiger partial charge in [-0.1, -0.05) is 46.3 Å². The molecule has 1 N–H and O–H groups in total. The van der Waals surface area contributed by atoms with Crippen LogP contribution in [0.1, 0.15) is 15.9 Å². The lowest BCUT2D eigenvalue weighted by molar-refractivity contribution is 0.0915. The molecule has 31 heavy (non-hydrogen) atoms. The fourth-order valence-corrected chi connectivity index (χ4v) is 7.39. The lowest BCUT2D eigenvalue weighted by atomic mass is 10.2. The quantitative estimate of drug-likeness (QED) is 0.551. The highest BCUT2D eigenvalue weighted by Gasteiger charge is 2.48. The number of benzene rings is 3. The first-order valence-electron chi connectivity index (χ1n) is 8.88.